The van der Waals surface area contributed by atoms with Crippen LogP contribution >= 0.6 is 0 Å². The minimum atomic E-state index is 0.0102. The molecule has 0 fully saturated rings. The summed E-state index contributed by atoms with van der Waals surface area (Å²) in [5, 5.41) is 3.00. The number of carbonyl (C=O) groups excluding carboxylic acids is 1. The maximum Gasteiger partial charge on any atom is 0.224 e. The molecule has 0 radical (unpaired) electrons. The third-order valence-corrected chi connectivity index (χ3v) is 4.19. The topological polar surface area (TPSA) is 68.3 Å². The largest absolute Gasteiger partial charge is 0.469 e. The third kappa shape index (κ3) is 4.73. The van der Waals surface area contributed by atoms with E-state index in [1.165, 1.54) is 5.56 Å². The molecule has 3 rings (SSSR count). The summed E-state index contributed by atoms with van der Waals surface area (Å²) in [6.45, 7) is 0.591. The number of nitrogens with two attached hydrogens (primary N) is 1. The fourth-order valence-electron chi connectivity index (χ4n) is 2.89. The van der Waals surface area contributed by atoms with Crippen LogP contribution in [0.1, 0.15) is 29.2 Å². The Morgan fingerprint density at radius 2 is 1.76 bits per heavy atom. The number of benzene rings is 2. The molecular weight excluding hydrogens is 312 g/mol. The van der Waals surface area contributed by atoms with Gasteiger partial charge in [-0.3, -0.25) is 4.79 Å². The number of amides is 1. The first-order chi connectivity index (χ1) is 12.2. The molecule has 0 aliphatic rings. The standard InChI is InChI=1S/C21H22N2O2/c22-18-10-8-16(9-11-18)15-21(24)23-13-12-19(20-7-4-14-25-20)17-5-2-1-3-6-17/h1-11,14,19H,12-13,15,22H2,(H,23,24). The van der Waals surface area contributed by atoms with E-state index in [1.807, 2.05) is 54.6 Å². The normalized spacial score (nSPS) is 11.8. The second kappa shape index (κ2) is 8.20. The van der Waals surface area contributed by atoms with Crippen LogP contribution in [0.2, 0.25) is 0 Å². The van der Waals surface area contributed by atoms with E-state index in [4.69, 9.17) is 10.2 Å². The lowest BCUT2D eigenvalue weighted by atomic mass is 9.93. The zero-order valence-electron chi connectivity index (χ0n) is 14.0. The van der Waals surface area contributed by atoms with Crippen molar-refractivity contribution in [2.24, 2.45) is 0 Å². The van der Waals surface area contributed by atoms with Gasteiger partial charge in [0.1, 0.15) is 5.76 Å². The smallest absolute Gasteiger partial charge is 0.224 e. The zero-order valence-corrected chi connectivity index (χ0v) is 14.0. The Morgan fingerprint density at radius 3 is 2.44 bits per heavy atom. The molecule has 2 aromatic carbocycles. The van der Waals surface area contributed by atoms with Crippen molar-refractivity contribution in [1.82, 2.24) is 5.32 Å². The molecule has 4 nitrogen and oxygen atoms in total. The van der Waals surface area contributed by atoms with Gasteiger partial charge in [-0.1, -0.05) is 42.5 Å². The molecule has 1 unspecified atom stereocenters. The number of hydrogen-bond acceptors (Lipinski definition) is 3. The molecule has 1 heterocycles. The van der Waals surface area contributed by atoms with E-state index in [0.29, 0.717) is 18.7 Å². The molecule has 0 spiro atoms. The van der Waals surface area contributed by atoms with Crippen molar-refractivity contribution in [2.45, 2.75) is 18.8 Å². The summed E-state index contributed by atoms with van der Waals surface area (Å²) in [5.74, 6) is 1.06. The molecule has 0 bridgehead atoms. The number of anilines is 1. The van der Waals surface area contributed by atoms with Gasteiger partial charge in [-0.2, -0.15) is 0 Å². The van der Waals surface area contributed by atoms with Crippen LogP contribution in [0.3, 0.4) is 0 Å². The average molecular weight is 334 g/mol. The maximum absolute atomic E-state index is 12.1. The van der Waals surface area contributed by atoms with Crippen molar-refractivity contribution in [3.8, 4) is 0 Å². The summed E-state index contributed by atoms with van der Waals surface area (Å²) in [4.78, 5) is 12.1. The van der Waals surface area contributed by atoms with E-state index >= 15 is 0 Å². The SMILES string of the molecule is Nc1ccc(CC(=O)NCCC(c2ccccc2)c2ccco2)cc1. The van der Waals surface area contributed by atoms with Crippen molar-refractivity contribution < 1.29 is 9.21 Å². The van der Waals surface area contributed by atoms with Crippen LogP contribution in [0.25, 0.3) is 0 Å². The molecule has 0 aliphatic carbocycles. The van der Waals surface area contributed by atoms with Gasteiger partial charge in [0.25, 0.3) is 0 Å². The summed E-state index contributed by atoms with van der Waals surface area (Å²) >= 11 is 0. The van der Waals surface area contributed by atoms with Gasteiger partial charge in [0, 0.05) is 18.2 Å². The van der Waals surface area contributed by atoms with Gasteiger partial charge >= 0.3 is 0 Å². The molecule has 128 valence electrons. The number of carbonyl (C=O) groups is 1. The Labute approximate surface area is 147 Å². The van der Waals surface area contributed by atoms with Crippen molar-refractivity contribution in [2.75, 3.05) is 12.3 Å². The first-order valence-corrected chi connectivity index (χ1v) is 8.42. The van der Waals surface area contributed by atoms with E-state index in [2.05, 4.69) is 17.4 Å². The van der Waals surface area contributed by atoms with E-state index in [1.54, 1.807) is 6.26 Å². The average Bonchev–Trinajstić information content (AvgIpc) is 3.16. The van der Waals surface area contributed by atoms with Crippen LogP contribution in [-0.2, 0) is 11.2 Å². The molecule has 0 saturated carbocycles. The Hall–Kier alpha value is -3.01. The fraction of sp³-hybridized carbons (Fsp3) is 0.190. The van der Waals surface area contributed by atoms with E-state index in [-0.39, 0.29) is 11.8 Å². The zero-order chi connectivity index (χ0) is 17.5. The molecule has 3 aromatic rings. The predicted octanol–water partition coefficient (Wildman–Crippen LogP) is 3.74. The molecule has 1 aromatic heterocycles. The number of nitrogens with one attached hydrogen (secondary N) is 1. The summed E-state index contributed by atoms with van der Waals surface area (Å²) < 4.78 is 5.59. The molecule has 3 N–H and O–H groups in total. The highest BCUT2D eigenvalue weighted by Crippen LogP contribution is 2.27. The maximum atomic E-state index is 12.1. The Morgan fingerprint density at radius 1 is 1.00 bits per heavy atom. The van der Waals surface area contributed by atoms with E-state index < -0.39 is 0 Å². The van der Waals surface area contributed by atoms with Crippen LogP contribution in [0.5, 0.6) is 0 Å². The van der Waals surface area contributed by atoms with Gasteiger partial charge in [0.2, 0.25) is 5.91 Å². The molecule has 0 aliphatic heterocycles. The minimum absolute atomic E-state index is 0.0102. The van der Waals surface area contributed by atoms with Crippen molar-refractivity contribution in [3.63, 3.8) is 0 Å². The number of nitrogen functional groups attached to an aromatic ring is 1. The fourth-order valence-corrected chi connectivity index (χ4v) is 2.89. The van der Waals surface area contributed by atoms with Crippen LogP contribution in [0, 0.1) is 0 Å². The first kappa shape index (κ1) is 16.8. The van der Waals surface area contributed by atoms with E-state index in [0.717, 1.165) is 17.7 Å². The molecule has 4 heteroatoms. The van der Waals surface area contributed by atoms with Gasteiger partial charge in [0.05, 0.1) is 12.7 Å². The van der Waals surface area contributed by atoms with Crippen LogP contribution < -0.4 is 11.1 Å². The lowest BCUT2D eigenvalue weighted by Crippen LogP contribution is -2.27. The molecule has 1 amide bonds. The number of furan rings is 1. The van der Waals surface area contributed by atoms with Gasteiger partial charge < -0.3 is 15.5 Å². The molecule has 25 heavy (non-hydrogen) atoms. The lowest BCUT2D eigenvalue weighted by molar-refractivity contribution is -0.120. The molecule has 0 saturated heterocycles. The van der Waals surface area contributed by atoms with Crippen LogP contribution in [0.15, 0.2) is 77.4 Å². The minimum Gasteiger partial charge on any atom is -0.469 e. The van der Waals surface area contributed by atoms with E-state index in [9.17, 15) is 4.79 Å². The quantitative estimate of drug-likeness (QED) is 0.647. The lowest BCUT2D eigenvalue weighted by Gasteiger charge is -2.15. The second-order valence-corrected chi connectivity index (χ2v) is 6.04. The van der Waals surface area contributed by atoms with Crippen LogP contribution in [0.4, 0.5) is 5.69 Å². The van der Waals surface area contributed by atoms with Gasteiger partial charge in [-0.05, 0) is 41.8 Å². The monoisotopic (exact) mass is 334 g/mol. The van der Waals surface area contributed by atoms with Crippen molar-refractivity contribution >= 4 is 11.6 Å². The van der Waals surface area contributed by atoms with Crippen molar-refractivity contribution in [1.29, 1.82) is 0 Å². The highest BCUT2D eigenvalue weighted by atomic mass is 16.3. The first-order valence-electron chi connectivity index (χ1n) is 8.42. The summed E-state index contributed by atoms with van der Waals surface area (Å²) in [7, 11) is 0. The Balaban J connectivity index is 1.56. The second-order valence-electron chi connectivity index (χ2n) is 6.04. The summed E-state index contributed by atoms with van der Waals surface area (Å²) in [6, 6.07) is 21.5. The van der Waals surface area contributed by atoms with Gasteiger partial charge in [0.15, 0.2) is 0 Å². The third-order valence-electron chi connectivity index (χ3n) is 4.19. The highest BCUT2D eigenvalue weighted by molar-refractivity contribution is 5.78. The Kier molecular flexibility index (Phi) is 5.52. The van der Waals surface area contributed by atoms with Gasteiger partial charge in [-0.15, -0.1) is 0 Å². The molecular formula is C21H22N2O2. The van der Waals surface area contributed by atoms with Crippen LogP contribution in [-0.4, -0.2) is 12.5 Å². The van der Waals surface area contributed by atoms with Crippen molar-refractivity contribution in [3.05, 3.63) is 89.9 Å². The summed E-state index contributed by atoms with van der Waals surface area (Å²) in [5.41, 5.74) is 8.51. The highest BCUT2D eigenvalue weighted by Gasteiger charge is 2.16. The Bertz CT molecular complexity index is 781. The molecule has 1 atom stereocenters. The predicted molar refractivity (Wildman–Crippen MR) is 99.2 cm³/mol. The summed E-state index contributed by atoms with van der Waals surface area (Å²) in [6.07, 6.45) is 2.83. The number of hydrogen-bond donors (Lipinski definition) is 2. The number of rotatable bonds is 7. The van der Waals surface area contributed by atoms with Gasteiger partial charge in [-0.25, -0.2) is 0 Å².